The fourth-order valence-electron chi connectivity index (χ4n) is 3.43. The highest BCUT2D eigenvalue weighted by Gasteiger charge is 2.52. The number of nitrogens with one attached hydrogen (secondary N) is 4. The lowest BCUT2D eigenvalue weighted by Crippen LogP contribution is -2.65. The van der Waals surface area contributed by atoms with Crippen molar-refractivity contribution in [1.29, 1.82) is 0 Å². The van der Waals surface area contributed by atoms with E-state index in [1.54, 1.807) is 0 Å². The Kier molecular flexibility index (Phi) is 13.3. The number of carboxylic acid groups (broad SMARTS) is 1. The lowest BCUT2D eigenvalue weighted by molar-refractivity contribution is -0.350. The fourth-order valence-corrected chi connectivity index (χ4v) is 3.64. The Hall–Kier alpha value is -1.62. The second kappa shape index (κ2) is 14.8. The lowest BCUT2D eigenvalue weighted by atomic mass is 9.91. The van der Waals surface area contributed by atoms with Crippen molar-refractivity contribution in [1.82, 2.24) is 20.8 Å². The molecule has 1 saturated heterocycles. The molecule has 0 saturated carbocycles. The molecule has 204 valence electrons. The topological polar surface area (TPSA) is 230 Å². The van der Waals surface area contributed by atoms with Gasteiger partial charge in [-0.3, -0.25) is 14.4 Å². The second-order valence-corrected chi connectivity index (χ2v) is 8.78. The van der Waals surface area contributed by atoms with E-state index in [0.717, 1.165) is 0 Å². The van der Waals surface area contributed by atoms with E-state index in [-0.39, 0.29) is 13.0 Å². The standard InChI is InChI=1S/C20H37ClN4O10/c1-10(17(30)24-11(2)19(32)33)23-18(31)12(25-21)5-3-4-7-22-8-6-20(34)16(29)15(28)14(27)13(9-26)35-20/h10-16,22,25-29,34H,3-9H2,1-2H3,(H,23,31)(H,24,30)(H,32,33). The second-order valence-electron chi connectivity index (χ2n) is 8.57. The Balaban J connectivity index is 2.33. The number of ether oxygens (including phenoxy) is 1. The molecule has 0 aromatic rings. The summed E-state index contributed by atoms with van der Waals surface area (Å²) < 4.78 is 5.18. The lowest BCUT2D eigenvalue weighted by Gasteiger charge is -2.45. The van der Waals surface area contributed by atoms with Gasteiger partial charge in [-0.1, -0.05) is 6.42 Å². The third-order valence-electron chi connectivity index (χ3n) is 5.74. The molecular weight excluding hydrogens is 492 g/mol. The van der Waals surface area contributed by atoms with E-state index in [0.29, 0.717) is 25.8 Å². The van der Waals surface area contributed by atoms with Crippen LogP contribution in [-0.2, 0) is 19.1 Å². The minimum absolute atomic E-state index is 0.122. The Morgan fingerprint density at radius 2 is 1.63 bits per heavy atom. The van der Waals surface area contributed by atoms with Crippen LogP contribution in [0.3, 0.4) is 0 Å². The molecule has 1 heterocycles. The van der Waals surface area contributed by atoms with Crippen molar-refractivity contribution in [2.75, 3.05) is 19.7 Å². The van der Waals surface area contributed by atoms with Crippen LogP contribution in [-0.4, -0.2) is 116 Å². The number of hydrogen-bond donors (Lipinski definition) is 10. The molecule has 0 bridgehead atoms. The van der Waals surface area contributed by atoms with Gasteiger partial charge in [0.2, 0.25) is 11.8 Å². The molecule has 35 heavy (non-hydrogen) atoms. The quantitative estimate of drug-likeness (QED) is 0.0737. The third kappa shape index (κ3) is 9.40. The van der Waals surface area contributed by atoms with Gasteiger partial charge in [-0.25, -0.2) is 4.84 Å². The van der Waals surface area contributed by atoms with Gasteiger partial charge in [0.25, 0.3) is 0 Å². The average Bonchev–Trinajstić information content (AvgIpc) is 2.81. The summed E-state index contributed by atoms with van der Waals surface area (Å²) in [5.41, 5.74) is 0. The maximum absolute atomic E-state index is 12.3. The number of aliphatic hydroxyl groups excluding tert-OH is 4. The minimum atomic E-state index is -2.14. The van der Waals surface area contributed by atoms with E-state index >= 15 is 0 Å². The monoisotopic (exact) mass is 528 g/mol. The van der Waals surface area contributed by atoms with Gasteiger partial charge in [0, 0.05) is 13.0 Å². The van der Waals surface area contributed by atoms with Crippen molar-refractivity contribution in [3.8, 4) is 0 Å². The van der Waals surface area contributed by atoms with Gasteiger partial charge >= 0.3 is 5.97 Å². The molecule has 8 atom stereocenters. The molecule has 15 heteroatoms. The van der Waals surface area contributed by atoms with E-state index in [1.165, 1.54) is 13.8 Å². The molecule has 8 unspecified atom stereocenters. The molecule has 1 fully saturated rings. The van der Waals surface area contributed by atoms with Gasteiger partial charge in [-0.05, 0) is 45.0 Å². The van der Waals surface area contributed by atoms with Crippen LogP contribution in [0.5, 0.6) is 0 Å². The number of aliphatic hydroxyl groups is 5. The number of hydrogen-bond acceptors (Lipinski definition) is 11. The maximum Gasteiger partial charge on any atom is 0.325 e. The van der Waals surface area contributed by atoms with Crippen LogP contribution in [0.4, 0.5) is 0 Å². The van der Waals surface area contributed by atoms with Crippen LogP contribution >= 0.6 is 11.8 Å². The van der Waals surface area contributed by atoms with Crippen molar-refractivity contribution < 1.29 is 49.8 Å². The molecule has 1 aliphatic heterocycles. The zero-order valence-corrected chi connectivity index (χ0v) is 20.4. The fraction of sp³-hybridized carbons (Fsp3) is 0.850. The van der Waals surface area contributed by atoms with E-state index < -0.39 is 72.7 Å². The van der Waals surface area contributed by atoms with Crippen LogP contribution in [0.25, 0.3) is 0 Å². The highest BCUT2D eigenvalue weighted by molar-refractivity contribution is 6.15. The summed E-state index contributed by atoms with van der Waals surface area (Å²) in [5, 5.41) is 65.9. The largest absolute Gasteiger partial charge is 0.480 e. The van der Waals surface area contributed by atoms with Crippen LogP contribution < -0.4 is 20.8 Å². The third-order valence-corrected chi connectivity index (χ3v) is 6.00. The molecule has 0 radical (unpaired) electrons. The number of unbranched alkanes of at least 4 members (excludes halogenated alkanes) is 1. The van der Waals surface area contributed by atoms with Gasteiger partial charge < -0.3 is 51.3 Å². The Morgan fingerprint density at radius 1 is 1.00 bits per heavy atom. The van der Waals surface area contributed by atoms with Crippen LogP contribution in [0.15, 0.2) is 0 Å². The Morgan fingerprint density at radius 3 is 2.20 bits per heavy atom. The molecule has 0 aromatic carbocycles. The summed E-state index contributed by atoms with van der Waals surface area (Å²) >= 11 is 5.65. The van der Waals surface area contributed by atoms with Gasteiger partial charge in [0.1, 0.15) is 42.5 Å². The minimum Gasteiger partial charge on any atom is -0.480 e. The summed E-state index contributed by atoms with van der Waals surface area (Å²) in [6.45, 7) is 2.74. The Labute approximate surface area is 208 Å². The number of halogens is 1. The maximum atomic E-state index is 12.3. The van der Waals surface area contributed by atoms with Gasteiger partial charge in [-0.15, -0.1) is 0 Å². The van der Waals surface area contributed by atoms with Crippen molar-refractivity contribution >= 4 is 29.6 Å². The molecule has 0 aromatic heterocycles. The molecule has 1 rings (SSSR count). The summed E-state index contributed by atoms with van der Waals surface area (Å²) in [6.07, 6.45) is -4.82. The van der Waals surface area contributed by atoms with Crippen molar-refractivity contribution in [2.24, 2.45) is 0 Å². The highest BCUT2D eigenvalue weighted by atomic mass is 35.5. The van der Waals surface area contributed by atoms with Crippen molar-refractivity contribution in [2.45, 2.75) is 87.9 Å². The number of rotatable bonds is 15. The zero-order valence-electron chi connectivity index (χ0n) is 19.7. The van der Waals surface area contributed by atoms with E-state index in [9.17, 15) is 39.9 Å². The first-order chi connectivity index (χ1) is 16.4. The van der Waals surface area contributed by atoms with E-state index in [4.69, 9.17) is 21.6 Å². The SMILES string of the molecule is CC(NC(=O)C(C)NC(=O)C(CCCCNCCC1(O)OC(CO)C(O)C(O)C1O)NCl)C(=O)O. The summed E-state index contributed by atoms with van der Waals surface area (Å²) in [4.78, 5) is 37.4. The predicted molar refractivity (Wildman–Crippen MR) is 122 cm³/mol. The van der Waals surface area contributed by atoms with E-state index in [1.807, 2.05) is 0 Å². The van der Waals surface area contributed by atoms with Gasteiger partial charge in [-0.2, -0.15) is 0 Å². The predicted octanol–water partition coefficient (Wildman–Crippen LogP) is -3.50. The summed E-state index contributed by atoms with van der Waals surface area (Å²) in [7, 11) is 0. The summed E-state index contributed by atoms with van der Waals surface area (Å²) in [6, 6.07) is -2.86. The molecule has 0 aliphatic carbocycles. The average molecular weight is 529 g/mol. The zero-order chi connectivity index (χ0) is 26.8. The highest BCUT2D eigenvalue weighted by Crippen LogP contribution is 2.30. The number of carbonyl (C=O) groups excluding carboxylic acids is 2. The number of aliphatic carboxylic acids is 1. The van der Waals surface area contributed by atoms with Gasteiger partial charge in [0.15, 0.2) is 5.79 Å². The normalized spacial score (nSPS) is 29.1. The first-order valence-corrected chi connectivity index (χ1v) is 11.7. The molecular formula is C20H37ClN4O10. The Bertz CT molecular complexity index is 703. The number of carbonyl (C=O) groups is 3. The first kappa shape index (κ1) is 31.4. The molecule has 14 nitrogen and oxygen atoms in total. The summed E-state index contributed by atoms with van der Waals surface area (Å²) in [5.74, 6) is -4.51. The smallest absolute Gasteiger partial charge is 0.325 e. The van der Waals surface area contributed by atoms with Crippen molar-refractivity contribution in [3.05, 3.63) is 0 Å². The number of amides is 2. The van der Waals surface area contributed by atoms with Crippen LogP contribution in [0.2, 0.25) is 0 Å². The first-order valence-electron chi connectivity index (χ1n) is 11.3. The van der Waals surface area contributed by atoms with Crippen LogP contribution in [0, 0.1) is 0 Å². The molecule has 0 spiro atoms. The van der Waals surface area contributed by atoms with Gasteiger partial charge in [0.05, 0.1) is 6.61 Å². The molecule has 10 N–H and O–H groups in total. The molecule has 1 aliphatic rings. The van der Waals surface area contributed by atoms with Crippen LogP contribution in [0.1, 0.15) is 39.5 Å². The molecule has 2 amide bonds. The van der Waals surface area contributed by atoms with E-state index in [2.05, 4.69) is 20.8 Å². The van der Waals surface area contributed by atoms with Crippen molar-refractivity contribution in [3.63, 3.8) is 0 Å². The number of carboxylic acids is 1.